The van der Waals surface area contributed by atoms with E-state index in [0.717, 1.165) is 88.1 Å². The second-order valence-electron chi connectivity index (χ2n) is 18.0. The van der Waals surface area contributed by atoms with Crippen LogP contribution in [0.25, 0.3) is 33.4 Å². The maximum Gasteiger partial charge on any atom is 0.292 e. The fraction of sp³-hybridized carbons (Fsp3) is 0.489. The number of rotatable bonds is 13. The van der Waals surface area contributed by atoms with Gasteiger partial charge >= 0.3 is 0 Å². The molecule has 2 amide bonds. The van der Waals surface area contributed by atoms with Gasteiger partial charge in [-0.25, -0.2) is 24.6 Å². The maximum atomic E-state index is 13.9. The Morgan fingerprint density at radius 2 is 1.61 bits per heavy atom. The lowest BCUT2D eigenvalue weighted by Gasteiger charge is -2.42. The second-order valence-corrected chi connectivity index (χ2v) is 18.0. The predicted molar refractivity (Wildman–Crippen MR) is 250 cm³/mol. The Kier molecular flexibility index (Phi) is 12.7. The molecule has 0 atom stereocenters. The summed E-state index contributed by atoms with van der Waals surface area (Å²) in [5.41, 5.74) is 25.7. The summed E-state index contributed by atoms with van der Waals surface area (Å²) in [7, 11) is 0. The monoisotopic (exact) mass is 897 g/mol. The molecule has 10 rings (SSSR count). The Morgan fingerprint density at radius 3 is 2.39 bits per heavy atom. The number of nitrogen functional groups attached to an aromatic ring is 2. The fourth-order valence-electron chi connectivity index (χ4n) is 10.2. The van der Waals surface area contributed by atoms with Gasteiger partial charge in [-0.05, 0) is 93.2 Å². The SMILES string of the molecule is NCc1cnc(N2CCN(C(=O)CCOCCN3CCC(N4CCC(C(=O)N5CCc6cc(Cn7nc(-c8ccc9oc(N)nc9c8)c8c(N)ncnc87)ccc6C5)CC4)CC3)CC2)nc1. The minimum Gasteiger partial charge on any atom is -0.424 e. The van der Waals surface area contributed by atoms with E-state index in [1.165, 1.54) is 17.5 Å². The van der Waals surface area contributed by atoms with Crippen LogP contribution in [0.4, 0.5) is 17.8 Å². The number of anilines is 3. The van der Waals surface area contributed by atoms with Crippen LogP contribution in [0.2, 0.25) is 0 Å². The third-order valence-electron chi connectivity index (χ3n) is 14.0. The first-order valence-electron chi connectivity index (χ1n) is 23.4. The third kappa shape index (κ3) is 9.38. The van der Waals surface area contributed by atoms with Gasteiger partial charge in [-0.3, -0.25) is 9.59 Å². The van der Waals surface area contributed by atoms with E-state index >= 15 is 0 Å². The molecule has 4 aromatic heterocycles. The predicted octanol–water partition coefficient (Wildman–Crippen LogP) is 2.91. The minimum atomic E-state index is 0.0733. The van der Waals surface area contributed by atoms with Gasteiger partial charge in [0.15, 0.2) is 11.2 Å². The van der Waals surface area contributed by atoms with Gasteiger partial charge in [-0.1, -0.05) is 18.2 Å². The lowest BCUT2D eigenvalue weighted by Crippen LogP contribution is -2.50. The van der Waals surface area contributed by atoms with Crippen molar-refractivity contribution >= 4 is 51.7 Å². The first-order valence-corrected chi connectivity index (χ1v) is 23.4. The fourth-order valence-corrected chi connectivity index (χ4v) is 10.2. The van der Waals surface area contributed by atoms with Crippen LogP contribution in [0.3, 0.4) is 0 Å². The number of oxazole rings is 1. The zero-order valence-corrected chi connectivity index (χ0v) is 37.4. The molecule has 6 aromatic rings. The zero-order valence-electron chi connectivity index (χ0n) is 37.4. The Morgan fingerprint density at radius 1 is 0.803 bits per heavy atom. The highest BCUT2D eigenvalue weighted by molar-refractivity contribution is 5.99. The Bertz CT molecular complexity index is 2660. The molecule has 3 fully saturated rings. The van der Waals surface area contributed by atoms with E-state index in [2.05, 4.69) is 62.7 Å². The van der Waals surface area contributed by atoms with Crippen molar-refractivity contribution in [3.05, 3.63) is 77.4 Å². The Hall–Kier alpha value is -6.28. The van der Waals surface area contributed by atoms with Gasteiger partial charge in [0.05, 0.1) is 31.6 Å². The van der Waals surface area contributed by atoms with E-state index in [1.54, 1.807) is 12.4 Å². The highest BCUT2D eigenvalue weighted by Gasteiger charge is 2.34. The molecule has 0 spiro atoms. The number of piperazine rings is 1. The van der Waals surface area contributed by atoms with E-state index in [0.29, 0.717) is 117 Å². The maximum absolute atomic E-state index is 13.9. The summed E-state index contributed by atoms with van der Waals surface area (Å²) in [5.74, 6) is 1.55. The average molecular weight is 898 g/mol. The number of amides is 2. The molecule has 346 valence electrons. The molecule has 0 radical (unpaired) electrons. The second kappa shape index (κ2) is 19.3. The normalized spacial score (nSPS) is 18.1. The molecule has 0 aliphatic carbocycles. The molecule has 0 saturated carbocycles. The summed E-state index contributed by atoms with van der Waals surface area (Å²) in [6.45, 7) is 11.0. The Balaban J connectivity index is 0.639. The molecule has 4 aliphatic heterocycles. The summed E-state index contributed by atoms with van der Waals surface area (Å²) < 4.78 is 13.3. The van der Waals surface area contributed by atoms with Gasteiger partial charge in [0.25, 0.3) is 6.01 Å². The van der Waals surface area contributed by atoms with E-state index in [1.807, 2.05) is 27.8 Å². The van der Waals surface area contributed by atoms with E-state index in [4.69, 9.17) is 31.5 Å². The van der Waals surface area contributed by atoms with Crippen LogP contribution in [0.1, 0.15) is 54.4 Å². The molecule has 0 bridgehead atoms. The third-order valence-corrected chi connectivity index (χ3v) is 14.0. The van der Waals surface area contributed by atoms with Crippen LogP contribution in [-0.4, -0.2) is 151 Å². The molecule has 66 heavy (non-hydrogen) atoms. The number of nitrogens with zero attached hydrogens (tertiary/aromatic N) is 12. The topological polar surface area (TPSA) is 233 Å². The van der Waals surface area contributed by atoms with Gasteiger partial charge in [-0.15, -0.1) is 0 Å². The number of hydrogen-bond donors (Lipinski definition) is 3. The van der Waals surface area contributed by atoms with Crippen molar-refractivity contribution in [1.82, 2.24) is 54.3 Å². The van der Waals surface area contributed by atoms with Crippen molar-refractivity contribution in [2.24, 2.45) is 11.7 Å². The lowest BCUT2D eigenvalue weighted by molar-refractivity contribution is -0.138. The molecule has 4 aliphatic rings. The first-order chi connectivity index (χ1) is 32.3. The molecule has 6 N–H and O–H groups in total. The molecule has 8 heterocycles. The summed E-state index contributed by atoms with van der Waals surface area (Å²) in [6, 6.07) is 12.8. The molecular weight excluding hydrogens is 839 g/mol. The van der Waals surface area contributed by atoms with Gasteiger partial charge < -0.3 is 50.9 Å². The van der Waals surface area contributed by atoms with Gasteiger partial charge in [0, 0.05) is 87.8 Å². The van der Waals surface area contributed by atoms with E-state index < -0.39 is 0 Å². The quantitative estimate of drug-likeness (QED) is 0.142. The van der Waals surface area contributed by atoms with Crippen LogP contribution < -0.4 is 22.1 Å². The molecule has 0 unspecified atom stereocenters. The highest BCUT2D eigenvalue weighted by atomic mass is 16.5. The highest BCUT2D eigenvalue weighted by Crippen LogP contribution is 2.34. The zero-order chi connectivity index (χ0) is 45.1. The standard InChI is InChI=1S/C47H59N15O4/c48-25-32-26-51-47(52-27-32)60-18-16-59(17-19-60)40(63)10-21-65-22-20-57-11-8-37(9-12-57)58-13-5-33(6-14-58)45(64)61-15-7-34-23-31(1-2-36(34)29-61)28-62-44-41(43(49)53-30-54-44)42(56-62)35-3-4-39-38(24-35)55-46(50)66-39/h1-4,23-24,26-27,30,33,37H,5-22,25,28-29,48H2,(H2,50,55)(H2,49,53,54). The van der Waals surface area contributed by atoms with Gasteiger partial charge in [0.2, 0.25) is 17.8 Å². The smallest absolute Gasteiger partial charge is 0.292 e. The number of ether oxygens (including phenoxy) is 1. The number of carbonyl (C=O) groups is 2. The van der Waals surface area contributed by atoms with Crippen molar-refractivity contribution in [1.29, 1.82) is 0 Å². The lowest BCUT2D eigenvalue weighted by atomic mass is 9.91. The number of fused-ring (bicyclic) bond motifs is 3. The molecule has 3 saturated heterocycles. The van der Waals surface area contributed by atoms with E-state index in [9.17, 15) is 9.59 Å². The first kappa shape index (κ1) is 43.6. The van der Waals surface area contributed by atoms with Crippen molar-refractivity contribution in [2.45, 2.75) is 64.2 Å². The number of likely N-dealkylation sites (tertiary alicyclic amines) is 2. The summed E-state index contributed by atoms with van der Waals surface area (Å²) in [6.07, 6.45) is 10.3. The van der Waals surface area contributed by atoms with Gasteiger partial charge in [0.1, 0.15) is 23.4 Å². The Labute approximate surface area is 383 Å². The minimum absolute atomic E-state index is 0.0733. The number of aromatic nitrogens is 7. The number of hydrogen-bond acceptors (Lipinski definition) is 16. The number of nitrogens with two attached hydrogens (primary N) is 3. The summed E-state index contributed by atoms with van der Waals surface area (Å²) >= 11 is 0. The van der Waals surface area contributed by atoms with Crippen molar-refractivity contribution in [3.8, 4) is 11.3 Å². The van der Waals surface area contributed by atoms with Crippen LogP contribution in [-0.2, 0) is 40.4 Å². The van der Waals surface area contributed by atoms with Crippen LogP contribution in [0, 0.1) is 5.92 Å². The molecule has 19 heteroatoms. The molecule has 19 nitrogen and oxygen atoms in total. The summed E-state index contributed by atoms with van der Waals surface area (Å²) in [4.78, 5) is 59.9. The molecular formula is C47H59N15O4. The number of piperidine rings is 2. The van der Waals surface area contributed by atoms with Crippen molar-refractivity contribution in [2.75, 3.05) is 95.0 Å². The average Bonchev–Trinajstić information content (AvgIpc) is 3.93. The van der Waals surface area contributed by atoms with Crippen molar-refractivity contribution < 1.29 is 18.7 Å². The largest absolute Gasteiger partial charge is 0.424 e. The van der Waals surface area contributed by atoms with Crippen molar-refractivity contribution in [3.63, 3.8) is 0 Å². The van der Waals surface area contributed by atoms with Crippen LogP contribution in [0.5, 0.6) is 0 Å². The summed E-state index contributed by atoms with van der Waals surface area (Å²) in [5, 5.41) is 5.66. The van der Waals surface area contributed by atoms with E-state index in [-0.39, 0.29) is 17.8 Å². The van der Waals surface area contributed by atoms with Gasteiger partial charge in [-0.2, -0.15) is 10.1 Å². The van der Waals surface area contributed by atoms with Crippen LogP contribution in [0.15, 0.2) is 59.5 Å². The number of carbonyl (C=O) groups excluding carboxylic acids is 2. The number of benzene rings is 2. The van der Waals surface area contributed by atoms with Crippen LogP contribution >= 0.6 is 0 Å². The molecule has 2 aromatic carbocycles.